The fourth-order valence-electron chi connectivity index (χ4n) is 2.45. The molecule has 1 saturated heterocycles. The number of nitrogens with zero attached hydrogens (tertiary/aromatic N) is 3. The van der Waals surface area contributed by atoms with E-state index >= 15 is 0 Å². The van der Waals surface area contributed by atoms with Crippen LogP contribution in [0.4, 0.5) is 5.69 Å². The molecule has 7 heteroatoms. The molecule has 0 aromatic carbocycles. The van der Waals surface area contributed by atoms with Gasteiger partial charge in [0.15, 0.2) is 0 Å². The van der Waals surface area contributed by atoms with Crippen LogP contribution in [-0.4, -0.2) is 33.3 Å². The van der Waals surface area contributed by atoms with E-state index in [9.17, 15) is 9.59 Å². The molecule has 0 bridgehead atoms. The van der Waals surface area contributed by atoms with Crippen LogP contribution in [0, 0.1) is 6.92 Å². The predicted octanol–water partition coefficient (Wildman–Crippen LogP) is 0.429. The third-order valence-electron chi connectivity index (χ3n) is 3.49. The van der Waals surface area contributed by atoms with Crippen molar-refractivity contribution in [1.82, 2.24) is 20.2 Å². The van der Waals surface area contributed by atoms with Gasteiger partial charge >= 0.3 is 5.69 Å². The van der Waals surface area contributed by atoms with Crippen LogP contribution < -0.4 is 16.1 Å². The second-order valence-electron chi connectivity index (χ2n) is 4.88. The zero-order valence-electron chi connectivity index (χ0n) is 11.1. The van der Waals surface area contributed by atoms with Crippen LogP contribution in [-0.2, 0) is 0 Å². The van der Waals surface area contributed by atoms with Crippen LogP contribution in [0.15, 0.2) is 21.9 Å². The van der Waals surface area contributed by atoms with E-state index in [1.54, 1.807) is 0 Å². The molecule has 0 unspecified atom stereocenters. The Morgan fingerprint density at radius 2 is 1.95 bits per heavy atom. The second kappa shape index (κ2) is 4.92. The first-order chi connectivity index (χ1) is 9.65. The highest BCUT2D eigenvalue weighted by Crippen LogP contribution is 2.25. The fraction of sp³-hybridized carbons (Fsp3) is 0.385. The number of rotatable bonds is 2. The number of hydrogen-bond acceptors (Lipinski definition) is 5. The standard InChI is InChI=1S/C13H15N5O2/c1-8-11(18-4-2-3-5-18)6-10(17-16-8)9-7-14-13(20)15-12(9)19/h6-7H,2-5H2,1H3,(H2,14,15,19,20). The highest BCUT2D eigenvalue weighted by atomic mass is 16.2. The topological polar surface area (TPSA) is 94.7 Å². The zero-order valence-corrected chi connectivity index (χ0v) is 11.1. The van der Waals surface area contributed by atoms with E-state index in [1.807, 2.05) is 13.0 Å². The highest BCUT2D eigenvalue weighted by Gasteiger charge is 2.17. The lowest BCUT2D eigenvalue weighted by molar-refractivity contribution is 0.909. The quantitative estimate of drug-likeness (QED) is 0.827. The molecule has 1 aliphatic rings. The van der Waals surface area contributed by atoms with Crippen LogP contribution in [0.2, 0.25) is 0 Å². The molecule has 0 saturated carbocycles. The first kappa shape index (κ1) is 12.6. The first-order valence-corrected chi connectivity index (χ1v) is 6.57. The highest BCUT2D eigenvalue weighted by molar-refractivity contribution is 5.64. The van der Waals surface area contributed by atoms with Crippen LogP contribution >= 0.6 is 0 Å². The maximum absolute atomic E-state index is 11.8. The summed E-state index contributed by atoms with van der Waals surface area (Å²) < 4.78 is 0. The van der Waals surface area contributed by atoms with E-state index < -0.39 is 11.2 Å². The number of hydrogen-bond donors (Lipinski definition) is 2. The maximum Gasteiger partial charge on any atom is 0.325 e. The van der Waals surface area contributed by atoms with Gasteiger partial charge in [-0.25, -0.2) is 4.79 Å². The van der Waals surface area contributed by atoms with Gasteiger partial charge in [-0.05, 0) is 25.8 Å². The van der Waals surface area contributed by atoms with Crippen molar-refractivity contribution in [2.45, 2.75) is 19.8 Å². The van der Waals surface area contributed by atoms with Crippen molar-refractivity contribution in [3.63, 3.8) is 0 Å². The maximum atomic E-state index is 11.8. The second-order valence-corrected chi connectivity index (χ2v) is 4.88. The summed E-state index contributed by atoms with van der Waals surface area (Å²) in [6.45, 7) is 3.89. The van der Waals surface area contributed by atoms with Crippen LogP contribution in [0.1, 0.15) is 18.5 Å². The Labute approximate surface area is 114 Å². The van der Waals surface area contributed by atoms with Crippen molar-refractivity contribution in [3.8, 4) is 11.3 Å². The fourth-order valence-corrected chi connectivity index (χ4v) is 2.45. The minimum absolute atomic E-state index is 0.317. The Kier molecular flexibility index (Phi) is 3.09. The smallest absolute Gasteiger partial charge is 0.325 e. The van der Waals surface area contributed by atoms with Gasteiger partial charge in [0.05, 0.1) is 16.9 Å². The Morgan fingerprint density at radius 3 is 2.65 bits per heavy atom. The molecule has 0 radical (unpaired) electrons. The number of aryl methyl sites for hydroxylation is 1. The van der Waals surface area contributed by atoms with E-state index in [-0.39, 0.29) is 0 Å². The molecule has 1 fully saturated rings. The molecule has 1 aliphatic heterocycles. The summed E-state index contributed by atoms with van der Waals surface area (Å²) in [5.74, 6) is 0. The molecule has 104 valence electrons. The SMILES string of the molecule is Cc1nnc(-c2c[nH]c(=O)[nH]c2=O)cc1N1CCCC1. The van der Waals surface area contributed by atoms with Gasteiger partial charge in [0.25, 0.3) is 5.56 Å². The number of nitrogens with one attached hydrogen (secondary N) is 2. The summed E-state index contributed by atoms with van der Waals surface area (Å²) in [5, 5.41) is 8.18. The minimum atomic E-state index is -0.529. The lowest BCUT2D eigenvalue weighted by Crippen LogP contribution is -2.23. The summed E-state index contributed by atoms with van der Waals surface area (Å²) in [6, 6.07) is 1.86. The molecule has 0 atom stereocenters. The van der Waals surface area contributed by atoms with E-state index in [4.69, 9.17) is 0 Å². The molecule has 3 heterocycles. The normalized spacial score (nSPS) is 14.8. The Morgan fingerprint density at radius 1 is 1.20 bits per heavy atom. The first-order valence-electron chi connectivity index (χ1n) is 6.57. The summed E-state index contributed by atoms with van der Waals surface area (Å²) in [4.78, 5) is 29.7. The number of H-pyrrole nitrogens is 2. The summed E-state index contributed by atoms with van der Waals surface area (Å²) in [5.41, 5.74) is 1.64. The van der Waals surface area contributed by atoms with E-state index in [0.29, 0.717) is 11.3 Å². The van der Waals surface area contributed by atoms with Crippen molar-refractivity contribution in [1.29, 1.82) is 0 Å². The molecule has 2 aromatic heterocycles. The Bertz CT molecular complexity index is 743. The van der Waals surface area contributed by atoms with Crippen molar-refractivity contribution in [2.24, 2.45) is 0 Å². The van der Waals surface area contributed by atoms with Crippen molar-refractivity contribution in [2.75, 3.05) is 18.0 Å². The van der Waals surface area contributed by atoms with Gasteiger partial charge in [0.2, 0.25) is 0 Å². The van der Waals surface area contributed by atoms with E-state index in [1.165, 1.54) is 6.20 Å². The Balaban J connectivity index is 2.08. The van der Waals surface area contributed by atoms with Gasteiger partial charge in [-0.1, -0.05) is 0 Å². The Hall–Kier alpha value is -2.44. The number of anilines is 1. The molecule has 3 rings (SSSR count). The van der Waals surface area contributed by atoms with Gasteiger partial charge in [0.1, 0.15) is 5.69 Å². The predicted molar refractivity (Wildman–Crippen MR) is 74.9 cm³/mol. The average Bonchev–Trinajstić information content (AvgIpc) is 2.93. The summed E-state index contributed by atoms with van der Waals surface area (Å²) >= 11 is 0. The lowest BCUT2D eigenvalue weighted by atomic mass is 10.2. The third-order valence-corrected chi connectivity index (χ3v) is 3.49. The molecule has 0 amide bonds. The number of aromatic amines is 2. The number of aromatic nitrogens is 4. The van der Waals surface area contributed by atoms with Crippen LogP contribution in [0.3, 0.4) is 0 Å². The average molecular weight is 273 g/mol. The van der Waals surface area contributed by atoms with Crippen molar-refractivity contribution < 1.29 is 0 Å². The molecule has 2 aromatic rings. The lowest BCUT2D eigenvalue weighted by Gasteiger charge is -2.19. The van der Waals surface area contributed by atoms with Gasteiger partial charge in [-0.2, -0.15) is 5.10 Å². The largest absolute Gasteiger partial charge is 0.370 e. The van der Waals surface area contributed by atoms with Crippen LogP contribution in [0.25, 0.3) is 11.3 Å². The van der Waals surface area contributed by atoms with Crippen molar-refractivity contribution in [3.05, 3.63) is 38.8 Å². The van der Waals surface area contributed by atoms with E-state index in [2.05, 4.69) is 25.1 Å². The molecule has 2 N–H and O–H groups in total. The van der Waals surface area contributed by atoms with Gasteiger partial charge in [-0.3, -0.25) is 9.78 Å². The molecule has 0 aliphatic carbocycles. The zero-order chi connectivity index (χ0) is 14.1. The van der Waals surface area contributed by atoms with Gasteiger partial charge < -0.3 is 9.88 Å². The molecular weight excluding hydrogens is 258 g/mol. The van der Waals surface area contributed by atoms with Crippen molar-refractivity contribution >= 4 is 5.69 Å². The molecule has 7 nitrogen and oxygen atoms in total. The third kappa shape index (κ3) is 2.22. The van der Waals surface area contributed by atoms with E-state index in [0.717, 1.165) is 37.3 Å². The molecule has 0 spiro atoms. The van der Waals surface area contributed by atoms with Gasteiger partial charge in [-0.15, -0.1) is 5.10 Å². The molecule has 20 heavy (non-hydrogen) atoms. The minimum Gasteiger partial charge on any atom is -0.370 e. The van der Waals surface area contributed by atoms with Crippen LogP contribution in [0.5, 0.6) is 0 Å². The summed E-state index contributed by atoms with van der Waals surface area (Å²) in [7, 11) is 0. The monoisotopic (exact) mass is 273 g/mol. The molecular formula is C13H15N5O2. The summed E-state index contributed by atoms with van der Waals surface area (Å²) in [6.07, 6.45) is 3.70. The van der Waals surface area contributed by atoms with Gasteiger partial charge in [0, 0.05) is 19.3 Å².